The van der Waals surface area contributed by atoms with Crippen molar-refractivity contribution in [1.29, 1.82) is 0 Å². The Kier molecular flexibility index (Phi) is 4.83. The van der Waals surface area contributed by atoms with Crippen molar-refractivity contribution >= 4 is 33.4 Å². The van der Waals surface area contributed by atoms with Crippen LogP contribution in [0.4, 0.5) is 4.39 Å². The van der Waals surface area contributed by atoms with E-state index in [1.807, 2.05) is 0 Å². The highest BCUT2D eigenvalue weighted by Gasteiger charge is 2.35. The zero-order valence-corrected chi connectivity index (χ0v) is 15.2. The number of benzene rings is 2. The smallest absolute Gasteiger partial charge is 0.261 e. The third-order valence-corrected chi connectivity index (χ3v) is 5.84. The Hall–Kier alpha value is -2.29. The van der Waals surface area contributed by atoms with Crippen LogP contribution in [-0.2, 0) is 10.0 Å². The highest BCUT2D eigenvalue weighted by molar-refractivity contribution is 7.89. The molecule has 0 aliphatic carbocycles. The molecule has 0 atom stereocenters. The van der Waals surface area contributed by atoms with Crippen molar-refractivity contribution in [3.8, 4) is 0 Å². The van der Waals surface area contributed by atoms with Gasteiger partial charge in [-0.15, -0.1) is 0 Å². The highest BCUT2D eigenvalue weighted by atomic mass is 35.5. The molecule has 0 bridgehead atoms. The molecular formula is C17H14ClFN2O4S. The predicted octanol–water partition coefficient (Wildman–Crippen LogP) is 2.36. The van der Waals surface area contributed by atoms with Gasteiger partial charge in [-0.2, -0.15) is 0 Å². The maximum absolute atomic E-state index is 13.1. The van der Waals surface area contributed by atoms with Crippen LogP contribution in [0.2, 0.25) is 5.02 Å². The van der Waals surface area contributed by atoms with Crippen LogP contribution in [0, 0.1) is 12.7 Å². The number of imide groups is 1. The first-order chi connectivity index (χ1) is 12.2. The van der Waals surface area contributed by atoms with Gasteiger partial charge in [-0.3, -0.25) is 14.5 Å². The number of hydrogen-bond donors (Lipinski definition) is 1. The molecule has 2 aromatic rings. The van der Waals surface area contributed by atoms with Gasteiger partial charge < -0.3 is 0 Å². The molecule has 0 saturated heterocycles. The molecule has 2 amide bonds. The molecule has 2 aromatic carbocycles. The summed E-state index contributed by atoms with van der Waals surface area (Å²) in [5, 5.41) is 0.333. The van der Waals surface area contributed by atoms with E-state index >= 15 is 0 Å². The van der Waals surface area contributed by atoms with Gasteiger partial charge in [0.25, 0.3) is 11.8 Å². The number of nitrogens with one attached hydrogen (secondary N) is 1. The van der Waals surface area contributed by atoms with E-state index in [2.05, 4.69) is 4.72 Å². The van der Waals surface area contributed by atoms with Gasteiger partial charge in [-0.05, 0) is 48.9 Å². The maximum atomic E-state index is 13.1. The van der Waals surface area contributed by atoms with E-state index in [-0.39, 0.29) is 34.7 Å². The SMILES string of the molecule is Cc1cc(F)ccc1S(=O)(=O)NCCN1C(=O)c2ccc(Cl)cc2C1=O. The van der Waals surface area contributed by atoms with E-state index < -0.39 is 27.7 Å². The largest absolute Gasteiger partial charge is 0.273 e. The Labute approximate surface area is 154 Å². The Morgan fingerprint density at radius 1 is 1.08 bits per heavy atom. The van der Waals surface area contributed by atoms with Crippen molar-refractivity contribution in [1.82, 2.24) is 9.62 Å². The molecule has 9 heteroatoms. The van der Waals surface area contributed by atoms with Crippen LogP contribution in [0.1, 0.15) is 26.3 Å². The average Bonchev–Trinajstić information content (AvgIpc) is 2.78. The summed E-state index contributed by atoms with van der Waals surface area (Å²) in [6, 6.07) is 7.71. The van der Waals surface area contributed by atoms with E-state index in [4.69, 9.17) is 11.6 Å². The van der Waals surface area contributed by atoms with Crippen LogP contribution in [-0.4, -0.2) is 38.2 Å². The van der Waals surface area contributed by atoms with E-state index in [1.165, 1.54) is 25.1 Å². The van der Waals surface area contributed by atoms with Gasteiger partial charge in [0.2, 0.25) is 10.0 Å². The Morgan fingerprint density at radius 3 is 2.46 bits per heavy atom. The number of aryl methyl sites for hydroxylation is 1. The van der Waals surface area contributed by atoms with Crippen LogP contribution in [0.3, 0.4) is 0 Å². The van der Waals surface area contributed by atoms with Crippen molar-refractivity contribution < 1.29 is 22.4 Å². The van der Waals surface area contributed by atoms with E-state index in [1.54, 1.807) is 0 Å². The summed E-state index contributed by atoms with van der Waals surface area (Å²) < 4.78 is 40.1. The van der Waals surface area contributed by atoms with Crippen molar-refractivity contribution in [2.45, 2.75) is 11.8 Å². The summed E-state index contributed by atoms with van der Waals surface area (Å²) in [5.74, 6) is -1.56. The summed E-state index contributed by atoms with van der Waals surface area (Å²) in [6.45, 7) is 1.17. The van der Waals surface area contributed by atoms with Crippen LogP contribution < -0.4 is 4.72 Å². The molecule has 1 N–H and O–H groups in total. The number of amides is 2. The third-order valence-electron chi connectivity index (χ3n) is 3.99. The topological polar surface area (TPSA) is 83.6 Å². The second-order valence-corrected chi connectivity index (χ2v) is 7.93. The number of carbonyl (C=O) groups is 2. The lowest BCUT2D eigenvalue weighted by Gasteiger charge is -2.15. The minimum atomic E-state index is -3.90. The molecule has 136 valence electrons. The minimum Gasteiger partial charge on any atom is -0.273 e. The van der Waals surface area contributed by atoms with Crippen LogP contribution in [0.5, 0.6) is 0 Å². The van der Waals surface area contributed by atoms with Gasteiger partial charge in [0.1, 0.15) is 5.82 Å². The van der Waals surface area contributed by atoms with Gasteiger partial charge in [-0.1, -0.05) is 11.6 Å². The van der Waals surface area contributed by atoms with Gasteiger partial charge >= 0.3 is 0 Å². The van der Waals surface area contributed by atoms with Crippen LogP contribution in [0.15, 0.2) is 41.3 Å². The maximum Gasteiger partial charge on any atom is 0.261 e. The fourth-order valence-corrected chi connectivity index (χ4v) is 4.17. The zero-order chi connectivity index (χ0) is 19.1. The summed E-state index contributed by atoms with van der Waals surface area (Å²) in [5.41, 5.74) is 0.684. The standard InChI is InChI=1S/C17H14ClFN2O4S/c1-10-8-12(19)3-5-15(10)26(24,25)20-6-7-21-16(22)13-4-2-11(18)9-14(13)17(21)23/h2-5,8-9,20H,6-7H2,1H3. The Morgan fingerprint density at radius 2 is 1.77 bits per heavy atom. The summed E-state index contributed by atoms with van der Waals surface area (Å²) in [7, 11) is -3.90. The molecule has 0 unspecified atom stereocenters. The lowest BCUT2D eigenvalue weighted by Crippen LogP contribution is -2.38. The first kappa shape index (κ1) is 18.5. The lowest BCUT2D eigenvalue weighted by atomic mass is 10.1. The summed E-state index contributed by atoms with van der Waals surface area (Å²) in [4.78, 5) is 25.5. The molecule has 0 aromatic heterocycles. The van der Waals surface area contributed by atoms with Crippen LogP contribution >= 0.6 is 11.6 Å². The zero-order valence-electron chi connectivity index (χ0n) is 13.6. The second kappa shape index (κ2) is 6.79. The van der Waals surface area contributed by atoms with Crippen molar-refractivity contribution in [2.24, 2.45) is 0 Å². The van der Waals surface area contributed by atoms with Crippen molar-refractivity contribution in [3.05, 3.63) is 63.9 Å². The van der Waals surface area contributed by atoms with Gasteiger partial charge in [0, 0.05) is 18.1 Å². The normalized spacial score (nSPS) is 14.0. The second-order valence-electron chi connectivity index (χ2n) is 5.76. The molecule has 1 aliphatic heterocycles. The predicted molar refractivity (Wildman–Crippen MR) is 93.1 cm³/mol. The van der Waals surface area contributed by atoms with E-state index in [9.17, 15) is 22.4 Å². The number of carbonyl (C=O) groups excluding carboxylic acids is 2. The summed E-state index contributed by atoms with van der Waals surface area (Å²) in [6.07, 6.45) is 0. The minimum absolute atomic E-state index is 0.0620. The molecular weight excluding hydrogens is 383 g/mol. The fourth-order valence-electron chi connectivity index (χ4n) is 2.75. The number of fused-ring (bicyclic) bond motifs is 1. The molecule has 0 spiro atoms. The monoisotopic (exact) mass is 396 g/mol. The number of hydrogen-bond acceptors (Lipinski definition) is 4. The molecule has 0 saturated carbocycles. The molecule has 0 radical (unpaired) electrons. The molecule has 1 heterocycles. The molecule has 3 rings (SSSR count). The first-order valence-corrected chi connectivity index (χ1v) is 9.48. The Bertz CT molecular complexity index is 1020. The van der Waals surface area contributed by atoms with Crippen molar-refractivity contribution in [2.75, 3.05) is 13.1 Å². The number of nitrogens with zero attached hydrogens (tertiary/aromatic N) is 1. The van der Waals surface area contributed by atoms with E-state index in [0.29, 0.717) is 5.02 Å². The van der Waals surface area contributed by atoms with Crippen molar-refractivity contribution in [3.63, 3.8) is 0 Å². The number of rotatable bonds is 5. The molecule has 1 aliphatic rings. The summed E-state index contributed by atoms with van der Waals surface area (Å²) >= 11 is 5.84. The molecule has 0 fully saturated rings. The Balaban J connectivity index is 1.70. The molecule has 26 heavy (non-hydrogen) atoms. The highest BCUT2D eigenvalue weighted by Crippen LogP contribution is 2.25. The van der Waals surface area contributed by atoms with Gasteiger partial charge in [-0.25, -0.2) is 17.5 Å². The number of sulfonamides is 1. The average molecular weight is 397 g/mol. The first-order valence-electron chi connectivity index (χ1n) is 7.62. The third kappa shape index (κ3) is 3.35. The fraction of sp³-hybridized carbons (Fsp3) is 0.176. The van der Waals surface area contributed by atoms with Gasteiger partial charge in [0.05, 0.1) is 16.0 Å². The molecule has 6 nitrogen and oxygen atoms in total. The quantitative estimate of drug-likeness (QED) is 0.786. The van der Waals surface area contributed by atoms with Gasteiger partial charge in [0.15, 0.2) is 0 Å². The lowest BCUT2D eigenvalue weighted by molar-refractivity contribution is 0.0657. The van der Waals surface area contributed by atoms with Crippen LogP contribution in [0.25, 0.3) is 0 Å². The number of halogens is 2. The van der Waals surface area contributed by atoms with E-state index in [0.717, 1.165) is 23.1 Å².